The number of piperidine rings is 1. The van der Waals surface area contributed by atoms with Crippen molar-refractivity contribution < 1.29 is 4.79 Å². The first-order chi connectivity index (χ1) is 12.2. The van der Waals surface area contributed by atoms with Gasteiger partial charge < -0.3 is 10.2 Å². The third-order valence-electron chi connectivity index (χ3n) is 4.89. The van der Waals surface area contributed by atoms with Gasteiger partial charge in [0.2, 0.25) is 5.91 Å². The Morgan fingerprint density at radius 2 is 1.80 bits per heavy atom. The molecule has 1 aromatic rings. The summed E-state index contributed by atoms with van der Waals surface area (Å²) in [6.07, 6.45) is 4.49. The number of benzene rings is 1. The average Bonchev–Trinajstić information content (AvgIpc) is 3.17. The Balaban J connectivity index is 1.32. The Bertz CT molecular complexity index is 567. The van der Waals surface area contributed by atoms with Gasteiger partial charge >= 0.3 is 0 Å². The zero-order valence-corrected chi connectivity index (χ0v) is 16.3. The molecule has 2 aliphatic rings. The van der Waals surface area contributed by atoms with Gasteiger partial charge in [0.1, 0.15) is 4.32 Å². The van der Waals surface area contributed by atoms with Crippen molar-refractivity contribution in [3.05, 3.63) is 35.9 Å². The minimum absolute atomic E-state index is 0.119. The van der Waals surface area contributed by atoms with E-state index in [0.717, 1.165) is 49.9 Å². The first kappa shape index (κ1) is 18.7. The third kappa shape index (κ3) is 5.97. The molecule has 0 radical (unpaired) electrons. The molecule has 4 nitrogen and oxygen atoms in total. The molecule has 3 rings (SSSR count). The van der Waals surface area contributed by atoms with Crippen LogP contribution >= 0.6 is 24.0 Å². The molecule has 0 aliphatic carbocycles. The van der Waals surface area contributed by atoms with E-state index in [1.165, 1.54) is 30.2 Å². The van der Waals surface area contributed by atoms with E-state index in [-0.39, 0.29) is 5.91 Å². The van der Waals surface area contributed by atoms with Gasteiger partial charge in [-0.3, -0.25) is 9.69 Å². The summed E-state index contributed by atoms with van der Waals surface area (Å²) in [6, 6.07) is 10.9. The summed E-state index contributed by atoms with van der Waals surface area (Å²) in [6.45, 7) is 5.18. The number of likely N-dealkylation sites (tertiary alicyclic amines) is 2. The van der Waals surface area contributed by atoms with E-state index in [1.54, 1.807) is 0 Å². The number of nitrogens with one attached hydrogen (secondary N) is 1. The SMILES string of the molecule is O=C(CSC(=S)N1CCCC1)NC1CCN(Cc2ccccc2)CC1. The third-order valence-corrected chi connectivity index (χ3v) is 6.42. The van der Waals surface area contributed by atoms with Crippen LogP contribution in [0.2, 0.25) is 0 Å². The van der Waals surface area contributed by atoms with E-state index >= 15 is 0 Å². The van der Waals surface area contributed by atoms with Gasteiger partial charge in [0.25, 0.3) is 0 Å². The number of hydrogen-bond donors (Lipinski definition) is 1. The molecular formula is C19H27N3OS2. The zero-order valence-electron chi connectivity index (χ0n) is 14.7. The second kappa shape index (κ2) is 9.55. The maximum Gasteiger partial charge on any atom is 0.230 e. The van der Waals surface area contributed by atoms with Crippen molar-refractivity contribution in [1.29, 1.82) is 0 Å². The second-order valence-electron chi connectivity index (χ2n) is 6.85. The van der Waals surface area contributed by atoms with Crippen LogP contribution in [0.25, 0.3) is 0 Å². The number of rotatable bonds is 5. The van der Waals surface area contributed by atoms with Crippen molar-refractivity contribution in [2.24, 2.45) is 0 Å². The number of hydrogen-bond acceptors (Lipinski definition) is 4. The fourth-order valence-corrected chi connectivity index (χ4v) is 4.53. The molecule has 6 heteroatoms. The molecule has 0 bridgehead atoms. The number of nitrogens with zero attached hydrogens (tertiary/aromatic N) is 2. The summed E-state index contributed by atoms with van der Waals surface area (Å²) in [5.41, 5.74) is 1.36. The molecule has 1 aromatic carbocycles. The fourth-order valence-electron chi connectivity index (χ4n) is 3.46. The summed E-state index contributed by atoms with van der Waals surface area (Å²) < 4.78 is 0.880. The number of thioether (sulfide) groups is 1. The second-order valence-corrected chi connectivity index (χ2v) is 8.46. The van der Waals surface area contributed by atoms with Crippen LogP contribution in [0.15, 0.2) is 30.3 Å². The highest BCUT2D eigenvalue weighted by molar-refractivity contribution is 8.23. The van der Waals surface area contributed by atoms with E-state index < -0.39 is 0 Å². The van der Waals surface area contributed by atoms with Gasteiger partial charge in [-0.05, 0) is 31.2 Å². The predicted octanol–water partition coefficient (Wildman–Crippen LogP) is 2.88. The van der Waals surface area contributed by atoms with Gasteiger partial charge in [-0.1, -0.05) is 54.3 Å². The minimum atomic E-state index is 0.119. The normalized spacial score (nSPS) is 19.1. The molecule has 2 aliphatic heterocycles. The van der Waals surface area contributed by atoms with E-state index in [1.807, 2.05) is 0 Å². The van der Waals surface area contributed by atoms with Crippen molar-refractivity contribution in [1.82, 2.24) is 15.1 Å². The average molecular weight is 378 g/mol. The Morgan fingerprint density at radius 3 is 2.48 bits per heavy atom. The lowest BCUT2D eigenvalue weighted by atomic mass is 10.0. The molecule has 2 fully saturated rings. The van der Waals surface area contributed by atoms with Crippen LogP contribution in [0.5, 0.6) is 0 Å². The molecule has 2 heterocycles. The van der Waals surface area contributed by atoms with Crippen LogP contribution in [-0.2, 0) is 11.3 Å². The van der Waals surface area contributed by atoms with Crippen LogP contribution in [-0.4, -0.2) is 58.0 Å². The van der Waals surface area contributed by atoms with E-state index in [0.29, 0.717) is 11.8 Å². The molecule has 0 aromatic heterocycles. The van der Waals surface area contributed by atoms with Crippen molar-refractivity contribution in [3.63, 3.8) is 0 Å². The van der Waals surface area contributed by atoms with Crippen LogP contribution < -0.4 is 5.32 Å². The molecule has 0 unspecified atom stereocenters. The summed E-state index contributed by atoms with van der Waals surface area (Å²) >= 11 is 6.92. The Morgan fingerprint density at radius 1 is 1.12 bits per heavy atom. The Hall–Kier alpha value is -1.11. The van der Waals surface area contributed by atoms with Gasteiger partial charge in [-0.25, -0.2) is 0 Å². The number of carbonyl (C=O) groups is 1. The Labute approximate surface area is 160 Å². The van der Waals surface area contributed by atoms with Crippen LogP contribution in [0.3, 0.4) is 0 Å². The molecule has 0 saturated carbocycles. The lowest BCUT2D eigenvalue weighted by Gasteiger charge is -2.32. The Kier molecular flexibility index (Phi) is 7.13. The highest BCUT2D eigenvalue weighted by Gasteiger charge is 2.21. The topological polar surface area (TPSA) is 35.6 Å². The number of thiocarbonyl (C=S) groups is 1. The number of amides is 1. The highest BCUT2D eigenvalue weighted by atomic mass is 32.2. The maximum atomic E-state index is 12.2. The van der Waals surface area contributed by atoms with E-state index in [9.17, 15) is 4.79 Å². The lowest BCUT2D eigenvalue weighted by molar-refractivity contribution is -0.119. The molecule has 1 N–H and O–H groups in total. The van der Waals surface area contributed by atoms with Crippen molar-refractivity contribution in [2.45, 2.75) is 38.3 Å². The van der Waals surface area contributed by atoms with Crippen LogP contribution in [0.4, 0.5) is 0 Å². The molecule has 136 valence electrons. The summed E-state index contributed by atoms with van der Waals surface area (Å²) in [5.74, 6) is 0.563. The fraction of sp³-hybridized carbons (Fsp3) is 0.579. The van der Waals surface area contributed by atoms with Gasteiger partial charge in [-0.2, -0.15) is 0 Å². The maximum absolute atomic E-state index is 12.2. The highest BCUT2D eigenvalue weighted by Crippen LogP contribution is 2.17. The zero-order chi connectivity index (χ0) is 17.5. The lowest BCUT2D eigenvalue weighted by Crippen LogP contribution is -2.45. The molecular weight excluding hydrogens is 350 g/mol. The van der Waals surface area contributed by atoms with Crippen LogP contribution in [0.1, 0.15) is 31.2 Å². The largest absolute Gasteiger partial charge is 0.358 e. The van der Waals surface area contributed by atoms with Crippen molar-refractivity contribution in [2.75, 3.05) is 31.9 Å². The quantitative estimate of drug-likeness (QED) is 0.799. The molecule has 0 atom stereocenters. The standard InChI is InChI=1S/C19H27N3OS2/c23-18(15-25-19(24)22-10-4-5-11-22)20-17-8-12-21(13-9-17)14-16-6-2-1-3-7-16/h1-3,6-7,17H,4-5,8-15H2,(H,20,23). The first-order valence-electron chi connectivity index (χ1n) is 9.18. The first-order valence-corrected chi connectivity index (χ1v) is 10.6. The van der Waals surface area contributed by atoms with E-state index in [4.69, 9.17) is 12.2 Å². The van der Waals surface area contributed by atoms with Crippen LogP contribution in [0, 0.1) is 0 Å². The van der Waals surface area contributed by atoms with Crippen molar-refractivity contribution in [3.8, 4) is 0 Å². The van der Waals surface area contributed by atoms with Gasteiger partial charge in [0.05, 0.1) is 5.75 Å². The molecule has 25 heavy (non-hydrogen) atoms. The number of carbonyl (C=O) groups excluding carboxylic acids is 1. The van der Waals surface area contributed by atoms with Gasteiger partial charge in [0.15, 0.2) is 0 Å². The van der Waals surface area contributed by atoms with Gasteiger partial charge in [0, 0.05) is 38.8 Å². The van der Waals surface area contributed by atoms with Gasteiger partial charge in [-0.15, -0.1) is 0 Å². The molecule has 0 spiro atoms. The molecule has 2 saturated heterocycles. The summed E-state index contributed by atoms with van der Waals surface area (Å²) in [4.78, 5) is 16.9. The van der Waals surface area contributed by atoms with Crippen molar-refractivity contribution >= 4 is 34.2 Å². The summed E-state index contributed by atoms with van der Waals surface area (Å²) in [5, 5.41) is 3.18. The minimum Gasteiger partial charge on any atom is -0.358 e. The monoisotopic (exact) mass is 377 g/mol. The summed E-state index contributed by atoms with van der Waals surface area (Å²) in [7, 11) is 0. The van der Waals surface area contributed by atoms with E-state index in [2.05, 4.69) is 45.4 Å². The smallest absolute Gasteiger partial charge is 0.230 e. The predicted molar refractivity (Wildman–Crippen MR) is 109 cm³/mol. The molecule has 1 amide bonds.